The van der Waals surface area contributed by atoms with Gasteiger partial charge in [-0.05, 0) is 53.4 Å². The number of rotatable bonds is 2. The van der Waals surface area contributed by atoms with Crippen molar-refractivity contribution in [1.29, 1.82) is 0 Å². The molecule has 1 aliphatic rings. The number of hydrogen-bond donors (Lipinski definition) is 2. The van der Waals surface area contributed by atoms with Crippen molar-refractivity contribution < 1.29 is 14.7 Å². The van der Waals surface area contributed by atoms with Gasteiger partial charge in [0.2, 0.25) is 0 Å². The highest BCUT2D eigenvalue weighted by Gasteiger charge is 2.32. The van der Waals surface area contributed by atoms with Crippen LogP contribution in [0.25, 0.3) is 0 Å². The van der Waals surface area contributed by atoms with Crippen LogP contribution in [0.5, 0.6) is 0 Å². The average Bonchev–Trinajstić information content (AvgIpc) is 2.41. The van der Waals surface area contributed by atoms with Crippen LogP contribution in [0.4, 0.5) is 5.69 Å². The zero-order valence-electron chi connectivity index (χ0n) is 10.3. The van der Waals surface area contributed by atoms with E-state index >= 15 is 0 Å². The Balaban J connectivity index is 2.26. The number of halogens is 1. The first-order valence-electron chi connectivity index (χ1n) is 6.09. The second kappa shape index (κ2) is 5.61. The number of nitrogen functional groups attached to an aromatic ring is 1. The van der Waals surface area contributed by atoms with Gasteiger partial charge in [-0.25, -0.2) is 4.79 Å². The highest BCUT2D eigenvalue weighted by atomic mass is 79.9. The number of nitrogens with zero attached hydrogens (tertiary/aromatic N) is 1. The summed E-state index contributed by atoms with van der Waals surface area (Å²) < 4.78 is 0.641. The molecule has 1 heterocycles. The third-order valence-electron chi connectivity index (χ3n) is 3.30. The molecule has 3 N–H and O–H groups in total. The van der Waals surface area contributed by atoms with Crippen LogP contribution in [0.3, 0.4) is 0 Å². The van der Waals surface area contributed by atoms with E-state index in [0.717, 1.165) is 12.8 Å². The van der Waals surface area contributed by atoms with Crippen molar-refractivity contribution in [2.75, 3.05) is 12.3 Å². The summed E-state index contributed by atoms with van der Waals surface area (Å²) in [5.41, 5.74) is 6.68. The largest absolute Gasteiger partial charge is 0.480 e. The first kappa shape index (κ1) is 13.9. The van der Waals surface area contributed by atoms with Crippen LogP contribution >= 0.6 is 15.9 Å². The molecule has 0 aliphatic carbocycles. The number of carboxylic acid groups (broad SMARTS) is 1. The number of amides is 1. The average molecular weight is 327 g/mol. The molecule has 0 bridgehead atoms. The SMILES string of the molecule is Nc1ccc(C(=O)N2CCCC[C@@H]2C(=O)O)cc1Br. The number of piperidine rings is 1. The van der Waals surface area contributed by atoms with Gasteiger partial charge in [0, 0.05) is 22.3 Å². The first-order valence-corrected chi connectivity index (χ1v) is 6.89. The quantitative estimate of drug-likeness (QED) is 0.815. The van der Waals surface area contributed by atoms with Crippen LogP contribution in [0, 0.1) is 0 Å². The van der Waals surface area contributed by atoms with Gasteiger partial charge in [0.25, 0.3) is 5.91 Å². The van der Waals surface area contributed by atoms with E-state index in [2.05, 4.69) is 15.9 Å². The molecule has 0 radical (unpaired) electrons. The molecule has 1 aromatic carbocycles. The van der Waals surface area contributed by atoms with E-state index < -0.39 is 12.0 Å². The Morgan fingerprint density at radius 2 is 2.11 bits per heavy atom. The smallest absolute Gasteiger partial charge is 0.326 e. The van der Waals surface area contributed by atoms with E-state index in [1.54, 1.807) is 18.2 Å². The fourth-order valence-corrected chi connectivity index (χ4v) is 2.64. The van der Waals surface area contributed by atoms with Crippen LogP contribution in [0.15, 0.2) is 22.7 Å². The van der Waals surface area contributed by atoms with Crippen LogP contribution in [0.2, 0.25) is 0 Å². The predicted octanol–water partition coefficient (Wildman–Crippen LogP) is 2.11. The number of hydrogen-bond acceptors (Lipinski definition) is 3. The van der Waals surface area contributed by atoms with E-state index in [1.807, 2.05) is 0 Å². The molecule has 0 aromatic heterocycles. The highest BCUT2D eigenvalue weighted by molar-refractivity contribution is 9.10. The fourth-order valence-electron chi connectivity index (χ4n) is 2.26. The van der Waals surface area contributed by atoms with E-state index in [-0.39, 0.29) is 5.91 Å². The standard InChI is InChI=1S/C13H15BrN2O3/c14-9-7-8(4-5-10(9)15)12(17)16-6-2-1-3-11(16)13(18)19/h4-5,7,11H,1-3,6,15H2,(H,18,19)/t11-/m1/s1. The summed E-state index contributed by atoms with van der Waals surface area (Å²) in [4.78, 5) is 25.0. The molecular weight excluding hydrogens is 312 g/mol. The maximum absolute atomic E-state index is 12.4. The van der Waals surface area contributed by atoms with Gasteiger partial charge in [0.1, 0.15) is 6.04 Å². The molecule has 1 saturated heterocycles. The van der Waals surface area contributed by atoms with Crippen LogP contribution in [-0.2, 0) is 4.79 Å². The Labute approximate surface area is 119 Å². The van der Waals surface area contributed by atoms with Crippen molar-refractivity contribution >= 4 is 33.5 Å². The molecule has 1 amide bonds. The number of likely N-dealkylation sites (tertiary alicyclic amines) is 1. The number of benzene rings is 1. The number of aliphatic carboxylic acids is 1. The summed E-state index contributed by atoms with van der Waals surface area (Å²) in [6.07, 6.45) is 2.19. The van der Waals surface area contributed by atoms with Gasteiger partial charge >= 0.3 is 5.97 Å². The molecule has 1 fully saturated rings. The van der Waals surface area contributed by atoms with E-state index in [9.17, 15) is 14.7 Å². The van der Waals surface area contributed by atoms with Gasteiger partial charge in [-0.15, -0.1) is 0 Å². The normalized spacial score (nSPS) is 19.2. The Hall–Kier alpha value is -1.56. The van der Waals surface area contributed by atoms with Gasteiger partial charge in [0.15, 0.2) is 0 Å². The van der Waals surface area contributed by atoms with Crippen LogP contribution in [-0.4, -0.2) is 34.5 Å². The Bertz CT molecular complexity index is 519. The van der Waals surface area contributed by atoms with E-state index in [1.165, 1.54) is 4.90 Å². The van der Waals surface area contributed by atoms with Crippen molar-refractivity contribution in [3.05, 3.63) is 28.2 Å². The van der Waals surface area contributed by atoms with Gasteiger partial charge < -0.3 is 15.7 Å². The van der Waals surface area contributed by atoms with Crippen molar-refractivity contribution in [2.24, 2.45) is 0 Å². The summed E-state index contributed by atoms with van der Waals surface area (Å²) in [7, 11) is 0. The maximum atomic E-state index is 12.4. The summed E-state index contributed by atoms with van der Waals surface area (Å²) >= 11 is 3.27. The third kappa shape index (κ3) is 2.89. The molecule has 102 valence electrons. The van der Waals surface area contributed by atoms with E-state index in [4.69, 9.17) is 5.73 Å². The minimum Gasteiger partial charge on any atom is -0.480 e. The lowest BCUT2D eigenvalue weighted by atomic mass is 10.0. The third-order valence-corrected chi connectivity index (χ3v) is 3.98. The minimum atomic E-state index is -0.942. The van der Waals surface area contributed by atoms with E-state index in [0.29, 0.717) is 28.7 Å². The van der Waals surface area contributed by atoms with Gasteiger partial charge in [-0.1, -0.05) is 0 Å². The fraction of sp³-hybridized carbons (Fsp3) is 0.385. The second-order valence-electron chi connectivity index (χ2n) is 4.58. The molecule has 1 aromatic rings. The lowest BCUT2D eigenvalue weighted by Gasteiger charge is -2.33. The monoisotopic (exact) mass is 326 g/mol. The van der Waals surface area contributed by atoms with Crippen LogP contribution in [0.1, 0.15) is 29.6 Å². The number of nitrogens with two attached hydrogens (primary N) is 1. The molecule has 0 unspecified atom stereocenters. The predicted molar refractivity (Wildman–Crippen MR) is 74.9 cm³/mol. The number of carboxylic acids is 1. The summed E-state index contributed by atoms with van der Waals surface area (Å²) in [6.45, 7) is 0.484. The van der Waals surface area contributed by atoms with Gasteiger partial charge in [-0.3, -0.25) is 4.79 Å². The van der Waals surface area contributed by atoms with Crippen molar-refractivity contribution in [1.82, 2.24) is 4.90 Å². The second-order valence-corrected chi connectivity index (χ2v) is 5.44. The van der Waals surface area contributed by atoms with Gasteiger partial charge in [0.05, 0.1) is 0 Å². The Morgan fingerprint density at radius 3 is 2.74 bits per heavy atom. The molecular formula is C13H15BrN2O3. The molecule has 5 nitrogen and oxygen atoms in total. The summed E-state index contributed by atoms with van der Waals surface area (Å²) in [5, 5.41) is 9.18. The Kier molecular flexibility index (Phi) is 4.09. The molecule has 1 aliphatic heterocycles. The lowest BCUT2D eigenvalue weighted by molar-refractivity contribution is -0.143. The number of anilines is 1. The molecule has 19 heavy (non-hydrogen) atoms. The molecule has 0 saturated carbocycles. The van der Waals surface area contributed by atoms with Crippen LogP contribution < -0.4 is 5.73 Å². The first-order chi connectivity index (χ1) is 9.00. The van der Waals surface area contributed by atoms with Crippen molar-refractivity contribution in [2.45, 2.75) is 25.3 Å². The number of carbonyl (C=O) groups excluding carboxylic acids is 1. The van der Waals surface area contributed by atoms with Crippen molar-refractivity contribution in [3.8, 4) is 0 Å². The highest BCUT2D eigenvalue weighted by Crippen LogP contribution is 2.24. The summed E-state index contributed by atoms with van der Waals surface area (Å²) in [5.74, 6) is -1.20. The Morgan fingerprint density at radius 1 is 1.37 bits per heavy atom. The zero-order chi connectivity index (χ0) is 14.0. The summed E-state index contributed by atoms with van der Waals surface area (Å²) in [6, 6.07) is 4.16. The molecule has 1 atom stereocenters. The van der Waals surface area contributed by atoms with Crippen molar-refractivity contribution in [3.63, 3.8) is 0 Å². The lowest BCUT2D eigenvalue weighted by Crippen LogP contribution is -2.47. The topological polar surface area (TPSA) is 83.6 Å². The maximum Gasteiger partial charge on any atom is 0.326 e. The van der Waals surface area contributed by atoms with Gasteiger partial charge in [-0.2, -0.15) is 0 Å². The minimum absolute atomic E-state index is 0.257. The molecule has 0 spiro atoms. The zero-order valence-corrected chi connectivity index (χ0v) is 11.9. The molecule has 2 rings (SSSR count). The number of carbonyl (C=O) groups is 2. The molecule has 6 heteroatoms.